The molecule has 0 unspecified atom stereocenters. The van der Waals surface area contributed by atoms with Crippen LogP contribution >= 0.6 is 0 Å². The highest BCUT2D eigenvalue weighted by atomic mass is 16.5. The van der Waals surface area contributed by atoms with Gasteiger partial charge in [-0.25, -0.2) is 0 Å². The fourth-order valence-electron chi connectivity index (χ4n) is 5.36. The van der Waals surface area contributed by atoms with E-state index in [2.05, 4.69) is 5.32 Å². The Balaban J connectivity index is 1.48. The van der Waals surface area contributed by atoms with E-state index in [1.54, 1.807) is 26.2 Å². The lowest BCUT2D eigenvalue weighted by atomic mass is 9.93. The van der Waals surface area contributed by atoms with Crippen molar-refractivity contribution in [1.82, 2.24) is 14.8 Å². The number of carbonyl (C=O) groups excluding carboxylic acids is 2. The number of rotatable bonds is 9. The summed E-state index contributed by atoms with van der Waals surface area (Å²) < 4.78 is 18.3. The number of nitrogens with one attached hydrogen (secondary N) is 1. The number of hydrogen-bond acceptors (Lipinski definition) is 5. The van der Waals surface area contributed by atoms with E-state index in [0.717, 1.165) is 22.0 Å². The molecule has 3 aromatic carbocycles. The molecule has 1 N–H and O–H groups in total. The molecule has 0 saturated carbocycles. The van der Waals surface area contributed by atoms with Gasteiger partial charge in [0.15, 0.2) is 0 Å². The Hall–Kier alpha value is -4.46. The number of fused-ring (bicyclic) bond motifs is 3. The summed E-state index contributed by atoms with van der Waals surface area (Å²) in [6, 6.07) is 23.0. The largest absolute Gasteiger partial charge is 0.497 e. The zero-order valence-corrected chi connectivity index (χ0v) is 22.7. The molecule has 39 heavy (non-hydrogen) atoms. The number of benzene rings is 3. The van der Waals surface area contributed by atoms with Crippen LogP contribution < -0.4 is 19.5 Å². The quantitative estimate of drug-likeness (QED) is 0.348. The van der Waals surface area contributed by atoms with Crippen LogP contribution in [0.1, 0.15) is 28.5 Å². The van der Waals surface area contributed by atoms with Gasteiger partial charge in [-0.15, -0.1) is 0 Å². The Kier molecular flexibility index (Phi) is 7.19. The number of nitrogens with zero attached hydrogens (tertiary/aromatic N) is 2. The minimum Gasteiger partial charge on any atom is -0.497 e. The van der Waals surface area contributed by atoms with E-state index in [1.807, 2.05) is 84.3 Å². The van der Waals surface area contributed by atoms with Crippen LogP contribution in [-0.4, -0.2) is 54.7 Å². The fourth-order valence-corrected chi connectivity index (χ4v) is 5.36. The third kappa shape index (κ3) is 4.78. The van der Waals surface area contributed by atoms with Gasteiger partial charge >= 0.3 is 0 Å². The van der Waals surface area contributed by atoms with Crippen molar-refractivity contribution < 1.29 is 23.8 Å². The van der Waals surface area contributed by atoms with Gasteiger partial charge in [-0.2, -0.15) is 0 Å². The molecule has 1 aromatic heterocycles. The normalized spacial score (nSPS) is 16.6. The monoisotopic (exact) mass is 527 g/mol. The van der Waals surface area contributed by atoms with Gasteiger partial charge in [0.1, 0.15) is 28.5 Å². The van der Waals surface area contributed by atoms with Gasteiger partial charge in [0.2, 0.25) is 5.91 Å². The van der Waals surface area contributed by atoms with E-state index in [0.29, 0.717) is 42.5 Å². The van der Waals surface area contributed by atoms with Gasteiger partial charge in [-0.1, -0.05) is 42.5 Å². The maximum atomic E-state index is 14.0. The van der Waals surface area contributed by atoms with E-state index in [-0.39, 0.29) is 18.4 Å². The van der Waals surface area contributed by atoms with Crippen molar-refractivity contribution in [2.24, 2.45) is 0 Å². The first-order valence-corrected chi connectivity index (χ1v) is 12.9. The predicted molar refractivity (Wildman–Crippen MR) is 149 cm³/mol. The summed E-state index contributed by atoms with van der Waals surface area (Å²) in [4.78, 5) is 29.6. The zero-order chi connectivity index (χ0) is 27.6. The summed E-state index contributed by atoms with van der Waals surface area (Å²) in [5, 5.41) is 4.04. The molecule has 1 atom stereocenters. The maximum absolute atomic E-state index is 14.0. The van der Waals surface area contributed by atoms with Crippen LogP contribution in [0.5, 0.6) is 17.2 Å². The molecular formula is C31H33N3O5. The topological polar surface area (TPSA) is 82.0 Å². The number of aromatic nitrogens is 1. The lowest BCUT2D eigenvalue weighted by Crippen LogP contribution is -2.64. The van der Waals surface area contributed by atoms with E-state index in [1.165, 1.54) is 0 Å². The van der Waals surface area contributed by atoms with Crippen LogP contribution in [-0.2, 0) is 24.3 Å². The number of hydrogen-bond donors (Lipinski definition) is 1. The van der Waals surface area contributed by atoms with E-state index in [4.69, 9.17) is 14.2 Å². The average molecular weight is 528 g/mol. The standard InChI is InChI=1S/C31H33N3O5/c1-31(30(36)32-19-23-10-6-8-12-27(23)38-3)20-33-25-11-7-5-9-22(25)17-26(33)29(35)34(31)16-15-21-13-14-24(37-2)18-28(21)39-4/h5-14,17-18H,15-16,19-20H2,1-4H3,(H,32,36)/t31-/m1/s1. The smallest absolute Gasteiger partial charge is 0.271 e. The van der Waals surface area contributed by atoms with Crippen LogP contribution in [0.3, 0.4) is 0 Å². The Morgan fingerprint density at radius 2 is 1.64 bits per heavy atom. The van der Waals surface area contributed by atoms with Crippen molar-refractivity contribution in [3.05, 3.63) is 89.6 Å². The van der Waals surface area contributed by atoms with Gasteiger partial charge in [0.25, 0.3) is 5.91 Å². The van der Waals surface area contributed by atoms with Crippen molar-refractivity contribution in [2.75, 3.05) is 27.9 Å². The van der Waals surface area contributed by atoms with Gasteiger partial charge in [0, 0.05) is 35.6 Å². The van der Waals surface area contributed by atoms with E-state index < -0.39 is 5.54 Å². The molecule has 0 aliphatic carbocycles. The Labute approximate surface area is 228 Å². The molecule has 8 nitrogen and oxygen atoms in total. The van der Waals surface area contributed by atoms with Crippen molar-refractivity contribution in [3.63, 3.8) is 0 Å². The Morgan fingerprint density at radius 1 is 0.897 bits per heavy atom. The van der Waals surface area contributed by atoms with Gasteiger partial charge in [-0.3, -0.25) is 9.59 Å². The minimum absolute atomic E-state index is 0.181. The summed E-state index contributed by atoms with van der Waals surface area (Å²) in [6.07, 6.45) is 0.508. The third-order valence-corrected chi connectivity index (χ3v) is 7.56. The van der Waals surface area contributed by atoms with Crippen LogP contribution in [0.2, 0.25) is 0 Å². The first-order valence-electron chi connectivity index (χ1n) is 12.9. The molecule has 4 aromatic rings. The van der Waals surface area contributed by atoms with Crippen molar-refractivity contribution in [1.29, 1.82) is 0 Å². The number of ether oxygens (including phenoxy) is 3. The molecule has 0 spiro atoms. The van der Waals surface area contributed by atoms with Crippen LogP contribution in [0.4, 0.5) is 0 Å². The molecule has 0 saturated heterocycles. The molecular weight excluding hydrogens is 494 g/mol. The average Bonchev–Trinajstić information content (AvgIpc) is 3.34. The first kappa shape index (κ1) is 26.2. The number of carbonyl (C=O) groups is 2. The molecule has 0 fully saturated rings. The van der Waals surface area contributed by atoms with E-state index >= 15 is 0 Å². The number of amides is 2. The number of methoxy groups -OCH3 is 3. The Morgan fingerprint density at radius 3 is 2.41 bits per heavy atom. The highest BCUT2D eigenvalue weighted by Gasteiger charge is 2.47. The fraction of sp³-hybridized carbons (Fsp3) is 0.290. The summed E-state index contributed by atoms with van der Waals surface area (Å²) in [6.45, 7) is 2.79. The molecule has 8 heteroatoms. The lowest BCUT2D eigenvalue weighted by molar-refractivity contribution is -0.133. The molecule has 5 rings (SSSR count). The van der Waals surface area contributed by atoms with Crippen LogP contribution in [0.25, 0.3) is 10.9 Å². The van der Waals surface area contributed by atoms with Crippen molar-refractivity contribution >= 4 is 22.7 Å². The van der Waals surface area contributed by atoms with Gasteiger partial charge in [-0.05, 0) is 43.2 Å². The van der Waals surface area contributed by atoms with Crippen molar-refractivity contribution in [2.45, 2.75) is 32.0 Å². The van der Waals surface area contributed by atoms with Crippen LogP contribution in [0.15, 0.2) is 72.8 Å². The summed E-state index contributed by atoms with van der Waals surface area (Å²) in [7, 11) is 4.82. The highest BCUT2D eigenvalue weighted by molar-refractivity contribution is 6.03. The summed E-state index contributed by atoms with van der Waals surface area (Å²) in [5.74, 6) is 1.65. The molecule has 1 aliphatic heterocycles. The molecule has 202 valence electrons. The second-order valence-electron chi connectivity index (χ2n) is 9.83. The maximum Gasteiger partial charge on any atom is 0.271 e. The second kappa shape index (κ2) is 10.7. The molecule has 2 amide bonds. The molecule has 2 heterocycles. The predicted octanol–water partition coefficient (Wildman–Crippen LogP) is 4.44. The van der Waals surface area contributed by atoms with Gasteiger partial charge in [0.05, 0.1) is 27.9 Å². The highest BCUT2D eigenvalue weighted by Crippen LogP contribution is 2.33. The Bertz CT molecular complexity index is 1530. The van der Waals surface area contributed by atoms with E-state index in [9.17, 15) is 9.59 Å². The summed E-state index contributed by atoms with van der Waals surface area (Å²) >= 11 is 0. The zero-order valence-electron chi connectivity index (χ0n) is 22.7. The second-order valence-corrected chi connectivity index (χ2v) is 9.83. The van der Waals surface area contributed by atoms with Crippen molar-refractivity contribution in [3.8, 4) is 17.2 Å². The number of para-hydroxylation sites is 2. The molecule has 0 radical (unpaired) electrons. The molecule has 0 bridgehead atoms. The third-order valence-electron chi connectivity index (χ3n) is 7.56. The summed E-state index contributed by atoms with van der Waals surface area (Å²) in [5.41, 5.74) is 2.16. The molecule has 1 aliphatic rings. The van der Waals surface area contributed by atoms with Crippen LogP contribution in [0, 0.1) is 0 Å². The SMILES string of the molecule is COc1ccc(CCN2C(=O)c3cc4ccccc4n3C[C@]2(C)C(=O)NCc2ccccc2OC)c(OC)c1. The van der Waals surface area contributed by atoms with Gasteiger partial charge < -0.3 is 29.0 Å². The first-order chi connectivity index (χ1) is 18.9. The minimum atomic E-state index is -1.13. The lowest BCUT2D eigenvalue weighted by Gasteiger charge is -2.44.